The van der Waals surface area contributed by atoms with Crippen LogP contribution in [-0.4, -0.2) is 58.4 Å². The highest BCUT2D eigenvalue weighted by molar-refractivity contribution is 5.89. The molecule has 1 aromatic heterocycles. The minimum absolute atomic E-state index is 0.0309. The molecule has 23 heavy (non-hydrogen) atoms. The number of amides is 2. The molecule has 1 aromatic rings. The van der Waals surface area contributed by atoms with Gasteiger partial charge in [0.05, 0.1) is 30.4 Å². The third-order valence-corrected chi connectivity index (χ3v) is 4.37. The van der Waals surface area contributed by atoms with E-state index in [4.69, 9.17) is 4.74 Å². The molecule has 0 aromatic carbocycles. The van der Waals surface area contributed by atoms with Crippen molar-refractivity contribution in [2.75, 3.05) is 19.6 Å². The number of aromatic nitrogens is 1. The first-order chi connectivity index (χ1) is 11.0. The number of ether oxygens (including phenoxy) is 1. The SMILES string of the molecule is C[C@@H]1CN(C(=O)[C@@H]2CC(=O)N(Cc3ccccn3)C2)C[C@@H](C)O1. The Labute approximate surface area is 136 Å². The normalized spacial score (nSPS) is 28.3. The van der Waals surface area contributed by atoms with Crippen LogP contribution in [0.3, 0.4) is 0 Å². The molecule has 0 N–H and O–H groups in total. The Morgan fingerprint density at radius 3 is 2.65 bits per heavy atom. The van der Waals surface area contributed by atoms with Crippen LogP contribution in [0.5, 0.6) is 0 Å². The van der Waals surface area contributed by atoms with Crippen LogP contribution in [0.4, 0.5) is 0 Å². The number of morpholine rings is 1. The summed E-state index contributed by atoms with van der Waals surface area (Å²) in [5.74, 6) is -0.143. The maximum absolute atomic E-state index is 12.7. The van der Waals surface area contributed by atoms with Crippen LogP contribution in [0.1, 0.15) is 26.0 Å². The van der Waals surface area contributed by atoms with Crippen LogP contribution >= 0.6 is 0 Å². The molecule has 3 rings (SSSR count). The molecule has 2 amide bonds. The minimum atomic E-state index is -0.247. The second kappa shape index (κ2) is 6.66. The lowest BCUT2D eigenvalue weighted by molar-refractivity contribution is -0.147. The highest BCUT2D eigenvalue weighted by Crippen LogP contribution is 2.23. The monoisotopic (exact) mass is 317 g/mol. The Kier molecular flexibility index (Phi) is 4.61. The molecular weight excluding hydrogens is 294 g/mol. The number of hydrogen-bond donors (Lipinski definition) is 0. The van der Waals surface area contributed by atoms with Crippen molar-refractivity contribution in [2.24, 2.45) is 5.92 Å². The smallest absolute Gasteiger partial charge is 0.228 e. The fourth-order valence-electron chi connectivity index (χ4n) is 3.39. The summed E-state index contributed by atoms with van der Waals surface area (Å²) in [6, 6.07) is 5.65. The molecule has 2 saturated heterocycles. The molecular formula is C17H23N3O3. The van der Waals surface area contributed by atoms with Gasteiger partial charge in [-0.25, -0.2) is 0 Å². The summed E-state index contributed by atoms with van der Waals surface area (Å²) in [6.45, 7) is 6.11. The lowest BCUT2D eigenvalue weighted by Crippen LogP contribution is -2.50. The first kappa shape index (κ1) is 15.9. The summed E-state index contributed by atoms with van der Waals surface area (Å²) in [5.41, 5.74) is 0.850. The van der Waals surface area contributed by atoms with E-state index in [1.54, 1.807) is 11.1 Å². The average molecular weight is 317 g/mol. The summed E-state index contributed by atoms with van der Waals surface area (Å²) in [5, 5.41) is 0. The van der Waals surface area contributed by atoms with Gasteiger partial charge in [0.2, 0.25) is 11.8 Å². The van der Waals surface area contributed by atoms with E-state index in [1.165, 1.54) is 0 Å². The van der Waals surface area contributed by atoms with Gasteiger partial charge in [-0.3, -0.25) is 14.6 Å². The van der Waals surface area contributed by atoms with Gasteiger partial charge in [-0.05, 0) is 26.0 Å². The highest BCUT2D eigenvalue weighted by atomic mass is 16.5. The van der Waals surface area contributed by atoms with Crippen molar-refractivity contribution in [3.63, 3.8) is 0 Å². The maximum Gasteiger partial charge on any atom is 0.228 e. The van der Waals surface area contributed by atoms with Crippen molar-refractivity contribution >= 4 is 11.8 Å². The van der Waals surface area contributed by atoms with Crippen LogP contribution < -0.4 is 0 Å². The van der Waals surface area contributed by atoms with Crippen LogP contribution in [0, 0.1) is 5.92 Å². The molecule has 6 nitrogen and oxygen atoms in total. The lowest BCUT2D eigenvalue weighted by atomic mass is 10.1. The molecule has 0 radical (unpaired) electrons. The number of likely N-dealkylation sites (tertiary alicyclic amines) is 1. The van der Waals surface area contributed by atoms with Gasteiger partial charge in [0.25, 0.3) is 0 Å². The maximum atomic E-state index is 12.7. The zero-order valence-electron chi connectivity index (χ0n) is 13.6. The molecule has 2 fully saturated rings. The van der Waals surface area contributed by atoms with Crippen molar-refractivity contribution in [2.45, 2.75) is 39.0 Å². The van der Waals surface area contributed by atoms with Crippen molar-refractivity contribution in [1.82, 2.24) is 14.8 Å². The standard InChI is InChI=1S/C17H23N3O3/c1-12-8-20(9-13(2)23-12)17(22)14-7-16(21)19(10-14)11-15-5-3-4-6-18-15/h3-6,12-14H,7-11H2,1-2H3/t12-,13-,14-/m1/s1. The number of hydrogen-bond acceptors (Lipinski definition) is 4. The number of pyridine rings is 1. The Morgan fingerprint density at radius 1 is 1.26 bits per heavy atom. The van der Waals surface area contributed by atoms with E-state index in [9.17, 15) is 9.59 Å². The molecule has 3 heterocycles. The molecule has 2 aliphatic rings. The Bertz CT molecular complexity index is 568. The van der Waals surface area contributed by atoms with Crippen LogP contribution in [-0.2, 0) is 20.9 Å². The van der Waals surface area contributed by atoms with E-state index in [2.05, 4.69) is 4.98 Å². The Balaban J connectivity index is 1.61. The molecule has 124 valence electrons. The largest absolute Gasteiger partial charge is 0.372 e. The first-order valence-electron chi connectivity index (χ1n) is 8.15. The highest BCUT2D eigenvalue weighted by Gasteiger charge is 2.38. The fraction of sp³-hybridized carbons (Fsp3) is 0.588. The summed E-state index contributed by atoms with van der Waals surface area (Å²) < 4.78 is 5.67. The van der Waals surface area contributed by atoms with Crippen LogP contribution in [0.15, 0.2) is 24.4 Å². The number of carbonyl (C=O) groups is 2. The molecule has 6 heteroatoms. The minimum Gasteiger partial charge on any atom is -0.372 e. The van der Waals surface area contributed by atoms with E-state index in [0.29, 0.717) is 32.6 Å². The summed E-state index contributed by atoms with van der Waals surface area (Å²) in [7, 11) is 0. The van der Waals surface area contributed by atoms with Gasteiger partial charge in [0.15, 0.2) is 0 Å². The fourth-order valence-corrected chi connectivity index (χ4v) is 3.39. The van der Waals surface area contributed by atoms with Crippen LogP contribution in [0.25, 0.3) is 0 Å². The summed E-state index contributed by atoms with van der Waals surface area (Å²) in [4.78, 5) is 32.8. The van der Waals surface area contributed by atoms with Gasteiger partial charge in [-0.15, -0.1) is 0 Å². The van der Waals surface area contributed by atoms with E-state index >= 15 is 0 Å². The predicted molar refractivity (Wildman–Crippen MR) is 84.4 cm³/mol. The van der Waals surface area contributed by atoms with Crippen molar-refractivity contribution < 1.29 is 14.3 Å². The third-order valence-electron chi connectivity index (χ3n) is 4.37. The van der Waals surface area contributed by atoms with E-state index < -0.39 is 0 Å². The molecule has 0 unspecified atom stereocenters. The molecule has 2 aliphatic heterocycles. The molecule has 0 saturated carbocycles. The van der Waals surface area contributed by atoms with Crippen molar-refractivity contribution in [3.8, 4) is 0 Å². The first-order valence-corrected chi connectivity index (χ1v) is 8.15. The van der Waals surface area contributed by atoms with E-state index in [-0.39, 0.29) is 29.9 Å². The number of carbonyl (C=O) groups excluding carboxylic acids is 2. The number of rotatable bonds is 3. The molecule has 0 spiro atoms. The summed E-state index contributed by atoms with van der Waals surface area (Å²) in [6.07, 6.45) is 2.11. The second-order valence-electron chi connectivity index (χ2n) is 6.50. The van der Waals surface area contributed by atoms with Gasteiger partial charge in [0.1, 0.15) is 0 Å². The third kappa shape index (κ3) is 3.69. The quantitative estimate of drug-likeness (QED) is 0.836. The number of nitrogens with zero attached hydrogens (tertiary/aromatic N) is 3. The predicted octanol–water partition coefficient (Wildman–Crippen LogP) is 1.07. The van der Waals surface area contributed by atoms with Crippen molar-refractivity contribution in [1.29, 1.82) is 0 Å². The molecule has 3 atom stereocenters. The molecule has 0 bridgehead atoms. The second-order valence-corrected chi connectivity index (χ2v) is 6.50. The average Bonchev–Trinajstić information content (AvgIpc) is 2.87. The topological polar surface area (TPSA) is 62.7 Å². The molecule has 0 aliphatic carbocycles. The van der Waals surface area contributed by atoms with Crippen molar-refractivity contribution in [3.05, 3.63) is 30.1 Å². The summed E-state index contributed by atoms with van der Waals surface area (Å²) >= 11 is 0. The lowest BCUT2D eigenvalue weighted by Gasteiger charge is -2.36. The Hall–Kier alpha value is -1.95. The Morgan fingerprint density at radius 2 is 2.00 bits per heavy atom. The van der Waals surface area contributed by atoms with E-state index in [0.717, 1.165) is 5.69 Å². The van der Waals surface area contributed by atoms with E-state index in [1.807, 2.05) is 36.9 Å². The zero-order valence-corrected chi connectivity index (χ0v) is 13.6. The zero-order chi connectivity index (χ0) is 16.4. The van der Waals surface area contributed by atoms with Gasteiger partial charge >= 0.3 is 0 Å². The van der Waals surface area contributed by atoms with Gasteiger partial charge in [-0.1, -0.05) is 6.07 Å². The van der Waals surface area contributed by atoms with Crippen LogP contribution in [0.2, 0.25) is 0 Å². The van der Waals surface area contributed by atoms with Gasteiger partial charge in [0, 0.05) is 32.3 Å². The van der Waals surface area contributed by atoms with Gasteiger partial charge < -0.3 is 14.5 Å². The van der Waals surface area contributed by atoms with Gasteiger partial charge in [-0.2, -0.15) is 0 Å².